The summed E-state index contributed by atoms with van der Waals surface area (Å²) in [4.78, 5) is 0. The monoisotopic (exact) mass is 159 g/mol. The molecule has 0 spiro atoms. The summed E-state index contributed by atoms with van der Waals surface area (Å²) in [6, 6.07) is 0.849. The van der Waals surface area contributed by atoms with Gasteiger partial charge >= 0.3 is 0 Å². The molecule has 0 bridgehead atoms. The lowest BCUT2D eigenvalue weighted by atomic mass is 10.2. The Morgan fingerprint density at radius 3 is 2.70 bits per heavy atom. The molecular formula is C8H17NS. The molecule has 1 aliphatic heterocycles. The van der Waals surface area contributed by atoms with Crippen molar-refractivity contribution in [3.05, 3.63) is 0 Å². The molecule has 0 atom stereocenters. The fourth-order valence-corrected chi connectivity index (χ4v) is 1.74. The zero-order valence-corrected chi connectivity index (χ0v) is 7.54. The van der Waals surface area contributed by atoms with E-state index in [0.717, 1.165) is 6.04 Å². The van der Waals surface area contributed by atoms with E-state index in [1.165, 1.54) is 37.3 Å². The second-order valence-corrected chi connectivity index (χ2v) is 3.97. The summed E-state index contributed by atoms with van der Waals surface area (Å²) in [5, 5.41) is 3.53. The molecular weight excluding hydrogens is 142 g/mol. The number of nitrogens with one attached hydrogen (secondary N) is 1. The van der Waals surface area contributed by atoms with Crippen LogP contribution in [0.2, 0.25) is 0 Å². The Balaban J connectivity index is 1.76. The molecule has 1 heterocycles. The Morgan fingerprint density at radius 1 is 1.40 bits per heavy atom. The fourth-order valence-electron chi connectivity index (χ4n) is 1.03. The first-order valence-corrected chi connectivity index (χ1v) is 5.40. The van der Waals surface area contributed by atoms with E-state index in [1.54, 1.807) is 0 Å². The Hall–Kier alpha value is 0.310. The third-order valence-electron chi connectivity index (χ3n) is 1.85. The first kappa shape index (κ1) is 8.41. The Morgan fingerprint density at radius 2 is 2.20 bits per heavy atom. The molecule has 10 heavy (non-hydrogen) atoms. The van der Waals surface area contributed by atoms with E-state index in [1.807, 2.05) is 11.8 Å². The maximum absolute atomic E-state index is 3.53. The third kappa shape index (κ3) is 2.93. The van der Waals surface area contributed by atoms with Gasteiger partial charge in [-0.1, -0.05) is 19.8 Å². The Labute approximate surface area is 68.0 Å². The molecule has 60 valence electrons. The van der Waals surface area contributed by atoms with Crippen LogP contribution in [-0.4, -0.2) is 24.1 Å². The van der Waals surface area contributed by atoms with Gasteiger partial charge in [0.2, 0.25) is 0 Å². The minimum atomic E-state index is 0.849. The van der Waals surface area contributed by atoms with Crippen LogP contribution in [0.1, 0.15) is 26.2 Å². The molecule has 0 aromatic heterocycles. The summed E-state index contributed by atoms with van der Waals surface area (Å²) in [5.74, 6) is 2.68. The van der Waals surface area contributed by atoms with E-state index < -0.39 is 0 Å². The van der Waals surface area contributed by atoms with Gasteiger partial charge in [-0.3, -0.25) is 0 Å². The number of unbranched alkanes of at least 4 members (excludes halogenated alkanes) is 2. The predicted molar refractivity (Wildman–Crippen MR) is 48.6 cm³/mol. The standard InChI is InChI=1S/C8H17NS/c1-2-3-4-5-9-8-6-10-7-8/h8-9H,2-7H2,1H3. The van der Waals surface area contributed by atoms with Crippen LogP contribution < -0.4 is 5.32 Å². The van der Waals surface area contributed by atoms with Crippen LogP contribution in [-0.2, 0) is 0 Å². The highest BCUT2D eigenvalue weighted by Crippen LogP contribution is 2.16. The van der Waals surface area contributed by atoms with Crippen molar-refractivity contribution in [1.29, 1.82) is 0 Å². The van der Waals surface area contributed by atoms with Gasteiger partial charge in [0.05, 0.1) is 0 Å². The molecule has 0 saturated carbocycles. The molecule has 1 saturated heterocycles. The largest absolute Gasteiger partial charge is 0.312 e. The van der Waals surface area contributed by atoms with Gasteiger partial charge in [0.25, 0.3) is 0 Å². The fraction of sp³-hybridized carbons (Fsp3) is 1.00. The van der Waals surface area contributed by atoms with Crippen LogP contribution in [0.25, 0.3) is 0 Å². The van der Waals surface area contributed by atoms with Gasteiger partial charge in [0.1, 0.15) is 0 Å². The Bertz CT molecular complexity index is 81.3. The van der Waals surface area contributed by atoms with Gasteiger partial charge < -0.3 is 5.32 Å². The van der Waals surface area contributed by atoms with E-state index in [9.17, 15) is 0 Å². The number of hydrogen-bond acceptors (Lipinski definition) is 2. The first-order valence-electron chi connectivity index (χ1n) is 4.24. The molecule has 1 aliphatic rings. The van der Waals surface area contributed by atoms with E-state index in [2.05, 4.69) is 12.2 Å². The summed E-state index contributed by atoms with van der Waals surface area (Å²) >= 11 is 2.05. The minimum Gasteiger partial charge on any atom is -0.312 e. The highest BCUT2D eigenvalue weighted by Gasteiger charge is 2.15. The van der Waals surface area contributed by atoms with Crippen molar-refractivity contribution < 1.29 is 0 Å². The van der Waals surface area contributed by atoms with Gasteiger partial charge in [-0.05, 0) is 13.0 Å². The predicted octanol–water partition coefficient (Wildman–Crippen LogP) is 1.88. The van der Waals surface area contributed by atoms with Crippen molar-refractivity contribution in [1.82, 2.24) is 5.32 Å². The average Bonchev–Trinajstić information content (AvgIpc) is 1.84. The molecule has 1 rings (SSSR count). The topological polar surface area (TPSA) is 12.0 Å². The SMILES string of the molecule is CCCCCNC1CSC1. The van der Waals surface area contributed by atoms with Crippen LogP contribution in [0.5, 0.6) is 0 Å². The lowest BCUT2D eigenvalue weighted by molar-refractivity contribution is 0.551. The summed E-state index contributed by atoms with van der Waals surface area (Å²) in [5.41, 5.74) is 0. The molecule has 0 amide bonds. The van der Waals surface area contributed by atoms with Crippen LogP contribution in [0, 0.1) is 0 Å². The molecule has 0 aromatic rings. The van der Waals surface area contributed by atoms with Gasteiger partial charge in [-0.2, -0.15) is 11.8 Å². The Kier molecular flexibility index (Phi) is 4.23. The van der Waals surface area contributed by atoms with Crippen molar-refractivity contribution in [3.63, 3.8) is 0 Å². The van der Waals surface area contributed by atoms with Crippen molar-refractivity contribution >= 4 is 11.8 Å². The quantitative estimate of drug-likeness (QED) is 0.615. The van der Waals surface area contributed by atoms with Gasteiger partial charge in [0, 0.05) is 17.5 Å². The van der Waals surface area contributed by atoms with Gasteiger partial charge in [-0.15, -0.1) is 0 Å². The molecule has 1 fully saturated rings. The van der Waals surface area contributed by atoms with Crippen LogP contribution in [0.4, 0.5) is 0 Å². The molecule has 0 aromatic carbocycles. The summed E-state index contributed by atoms with van der Waals surface area (Å²) in [6.07, 6.45) is 4.08. The second-order valence-electron chi connectivity index (χ2n) is 2.90. The summed E-state index contributed by atoms with van der Waals surface area (Å²) in [6.45, 7) is 3.48. The summed E-state index contributed by atoms with van der Waals surface area (Å²) < 4.78 is 0. The smallest absolute Gasteiger partial charge is 0.0248 e. The summed E-state index contributed by atoms with van der Waals surface area (Å²) in [7, 11) is 0. The minimum absolute atomic E-state index is 0.849. The normalized spacial score (nSPS) is 18.9. The van der Waals surface area contributed by atoms with Crippen LogP contribution in [0.15, 0.2) is 0 Å². The van der Waals surface area contributed by atoms with E-state index in [4.69, 9.17) is 0 Å². The molecule has 0 unspecified atom stereocenters. The lowest BCUT2D eigenvalue weighted by Gasteiger charge is -2.25. The molecule has 2 heteroatoms. The second kappa shape index (κ2) is 5.03. The van der Waals surface area contributed by atoms with Crippen LogP contribution >= 0.6 is 11.8 Å². The maximum Gasteiger partial charge on any atom is 0.0248 e. The van der Waals surface area contributed by atoms with E-state index in [-0.39, 0.29) is 0 Å². The lowest BCUT2D eigenvalue weighted by Crippen LogP contribution is -2.40. The van der Waals surface area contributed by atoms with Crippen molar-refractivity contribution in [2.75, 3.05) is 18.1 Å². The molecule has 1 nitrogen and oxygen atoms in total. The zero-order chi connectivity index (χ0) is 7.23. The van der Waals surface area contributed by atoms with E-state index >= 15 is 0 Å². The van der Waals surface area contributed by atoms with Gasteiger partial charge in [0.15, 0.2) is 0 Å². The highest BCUT2D eigenvalue weighted by molar-refractivity contribution is 8.00. The van der Waals surface area contributed by atoms with Crippen molar-refractivity contribution in [2.24, 2.45) is 0 Å². The first-order chi connectivity index (χ1) is 4.93. The number of thioether (sulfide) groups is 1. The van der Waals surface area contributed by atoms with Crippen molar-refractivity contribution in [3.8, 4) is 0 Å². The third-order valence-corrected chi connectivity index (χ3v) is 3.13. The maximum atomic E-state index is 3.53. The molecule has 1 N–H and O–H groups in total. The number of rotatable bonds is 5. The average molecular weight is 159 g/mol. The van der Waals surface area contributed by atoms with Gasteiger partial charge in [-0.25, -0.2) is 0 Å². The zero-order valence-electron chi connectivity index (χ0n) is 6.73. The highest BCUT2D eigenvalue weighted by atomic mass is 32.2. The number of hydrogen-bond donors (Lipinski definition) is 1. The van der Waals surface area contributed by atoms with E-state index in [0.29, 0.717) is 0 Å². The van der Waals surface area contributed by atoms with Crippen molar-refractivity contribution in [2.45, 2.75) is 32.2 Å². The molecule has 0 radical (unpaired) electrons. The van der Waals surface area contributed by atoms with Crippen LogP contribution in [0.3, 0.4) is 0 Å². The molecule has 0 aliphatic carbocycles.